The van der Waals surface area contributed by atoms with Crippen LogP contribution in [0.15, 0.2) is 51.7 Å². The summed E-state index contributed by atoms with van der Waals surface area (Å²) in [6, 6.07) is 13.6. The predicted molar refractivity (Wildman–Crippen MR) is 131 cm³/mol. The second kappa shape index (κ2) is 9.10. The minimum Gasteiger partial charge on any atom is -0.492 e. The number of halogens is 1. The van der Waals surface area contributed by atoms with Crippen molar-refractivity contribution in [2.45, 2.75) is 13.3 Å². The fraction of sp³-hybridized carbons (Fsp3) is 0.333. The standard InChI is InChI=1S/C24H24ClN3O3S/c1-16-15-21(29)31-23-17(16)7-8-19(22(23)25)30-14-4-9-27-10-12-28(13-11-27)24-18-5-2-3-6-20(18)32-26-24/h2-3,5-8,15H,4,9-14H2,1H3. The summed E-state index contributed by atoms with van der Waals surface area (Å²) < 4.78 is 17.1. The van der Waals surface area contributed by atoms with Gasteiger partial charge in [-0.15, -0.1) is 0 Å². The molecule has 4 aromatic rings. The Kier molecular flexibility index (Phi) is 6.04. The molecule has 0 saturated carbocycles. The number of nitrogens with zero attached hydrogens (tertiary/aromatic N) is 3. The molecule has 8 heteroatoms. The lowest BCUT2D eigenvalue weighted by Gasteiger charge is -2.35. The molecule has 0 bridgehead atoms. The number of rotatable bonds is 6. The van der Waals surface area contributed by atoms with Crippen LogP contribution in [0.3, 0.4) is 0 Å². The molecule has 0 N–H and O–H groups in total. The zero-order chi connectivity index (χ0) is 22.1. The van der Waals surface area contributed by atoms with E-state index < -0.39 is 5.63 Å². The largest absolute Gasteiger partial charge is 0.492 e. The fourth-order valence-corrected chi connectivity index (χ4v) is 5.25. The first-order chi connectivity index (χ1) is 15.6. The van der Waals surface area contributed by atoms with Crippen LogP contribution < -0.4 is 15.3 Å². The summed E-state index contributed by atoms with van der Waals surface area (Å²) in [6.45, 7) is 7.35. The Hall–Kier alpha value is -2.61. The van der Waals surface area contributed by atoms with Crippen LogP contribution in [0.5, 0.6) is 5.75 Å². The average Bonchev–Trinajstić information content (AvgIpc) is 3.23. The van der Waals surface area contributed by atoms with Crippen LogP contribution >= 0.6 is 23.1 Å². The van der Waals surface area contributed by atoms with E-state index in [-0.39, 0.29) is 0 Å². The van der Waals surface area contributed by atoms with Crippen LogP contribution in [0.25, 0.3) is 21.1 Å². The maximum absolute atomic E-state index is 11.7. The number of hydrogen-bond donors (Lipinski definition) is 0. The third-order valence-electron chi connectivity index (χ3n) is 5.93. The molecule has 1 fully saturated rings. The number of anilines is 1. The molecular weight excluding hydrogens is 446 g/mol. The summed E-state index contributed by atoms with van der Waals surface area (Å²) in [5.41, 5.74) is 0.827. The van der Waals surface area contributed by atoms with E-state index in [4.69, 9.17) is 20.8 Å². The number of ether oxygens (including phenoxy) is 1. The van der Waals surface area contributed by atoms with Crippen LogP contribution in [-0.2, 0) is 0 Å². The number of piperazine rings is 1. The van der Waals surface area contributed by atoms with Gasteiger partial charge in [-0.25, -0.2) is 4.79 Å². The van der Waals surface area contributed by atoms with E-state index in [0.29, 0.717) is 23.0 Å². The molecule has 0 amide bonds. The van der Waals surface area contributed by atoms with E-state index in [0.717, 1.165) is 55.9 Å². The molecule has 1 aliphatic heterocycles. The van der Waals surface area contributed by atoms with Crippen molar-refractivity contribution in [2.24, 2.45) is 0 Å². The molecule has 32 heavy (non-hydrogen) atoms. The summed E-state index contributed by atoms with van der Waals surface area (Å²) in [7, 11) is 0. The first-order valence-electron chi connectivity index (χ1n) is 10.8. The molecule has 6 nitrogen and oxygen atoms in total. The van der Waals surface area contributed by atoms with Gasteiger partial charge in [-0.05, 0) is 54.7 Å². The van der Waals surface area contributed by atoms with Crippen LogP contribution in [-0.4, -0.2) is 48.6 Å². The number of benzene rings is 2. The fourth-order valence-electron chi connectivity index (χ4n) is 4.20. The third kappa shape index (κ3) is 4.20. The highest BCUT2D eigenvalue weighted by Gasteiger charge is 2.20. The van der Waals surface area contributed by atoms with Crippen LogP contribution in [0, 0.1) is 6.92 Å². The topological polar surface area (TPSA) is 58.8 Å². The van der Waals surface area contributed by atoms with Gasteiger partial charge in [0.05, 0.1) is 11.3 Å². The molecule has 0 atom stereocenters. The summed E-state index contributed by atoms with van der Waals surface area (Å²) in [6.07, 6.45) is 0.895. The molecule has 166 valence electrons. The lowest BCUT2D eigenvalue weighted by molar-refractivity contribution is 0.224. The van der Waals surface area contributed by atoms with E-state index in [1.54, 1.807) is 11.5 Å². The molecule has 1 aliphatic rings. The van der Waals surface area contributed by atoms with Gasteiger partial charge < -0.3 is 14.1 Å². The van der Waals surface area contributed by atoms with Gasteiger partial charge in [0.15, 0.2) is 5.58 Å². The summed E-state index contributed by atoms with van der Waals surface area (Å²) in [5.74, 6) is 1.66. The Morgan fingerprint density at radius 3 is 2.78 bits per heavy atom. The van der Waals surface area contributed by atoms with Crippen molar-refractivity contribution in [3.8, 4) is 5.75 Å². The van der Waals surface area contributed by atoms with Gasteiger partial charge in [-0.2, -0.15) is 4.37 Å². The van der Waals surface area contributed by atoms with Gasteiger partial charge in [0.2, 0.25) is 0 Å². The maximum Gasteiger partial charge on any atom is 0.336 e. The lowest BCUT2D eigenvalue weighted by Crippen LogP contribution is -2.47. The van der Waals surface area contributed by atoms with Crippen molar-refractivity contribution in [1.82, 2.24) is 9.27 Å². The molecule has 3 heterocycles. The minimum atomic E-state index is -0.404. The van der Waals surface area contributed by atoms with Crippen molar-refractivity contribution >= 4 is 50.0 Å². The Bertz CT molecular complexity index is 1310. The Balaban J connectivity index is 1.13. The second-order valence-electron chi connectivity index (χ2n) is 8.04. The van der Waals surface area contributed by atoms with E-state index >= 15 is 0 Å². The van der Waals surface area contributed by atoms with E-state index in [9.17, 15) is 4.79 Å². The van der Waals surface area contributed by atoms with E-state index in [1.807, 2.05) is 19.1 Å². The monoisotopic (exact) mass is 469 g/mol. The molecule has 0 aliphatic carbocycles. The number of fused-ring (bicyclic) bond motifs is 2. The number of aryl methyl sites for hydroxylation is 1. The molecule has 0 radical (unpaired) electrons. The van der Waals surface area contributed by atoms with E-state index in [1.165, 1.54) is 16.2 Å². The molecule has 2 aromatic carbocycles. The zero-order valence-corrected chi connectivity index (χ0v) is 19.4. The van der Waals surface area contributed by atoms with Gasteiger partial charge in [0, 0.05) is 49.6 Å². The molecule has 5 rings (SSSR count). The summed E-state index contributed by atoms with van der Waals surface area (Å²) >= 11 is 8.01. The molecular formula is C24H24ClN3O3S. The van der Waals surface area contributed by atoms with Gasteiger partial charge >= 0.3 is 5.63 Å². The maximum atomic E-state index is 11.7. The van der Waals surface area contributed by atoms with Crippen molar-refractivity contribution in [1.29, 1.82) is 0 Å². The summed E-state index contributed by atoms with van der Waals surface area (Å²) in [4.78, 5) is 16.5. The lowest BCUT2D eigenvalue weighted by atomic mass is 10.1. The molecule has 1 saturated heterocycles. The van der Waals surface area contributed by atoms with Gasteiger partial charge in [-0.3, -0.25) is 4.90 Å². The van der Waals surface area contributed by atoms with Crippen LogP contribution in [0.4, 0.5) is 5.82 Å². The minimum absolute atomic E-state index is 0.354. The molecule has 2 aromatic heterocycles. The quantitative estimate of drug-likeness (QED) is 0.294. The first kappa shape index (κ1) is 21.2. The SMILES string of the molecule is Cc1cc(=O)oc2c(Cl)c(OCCCN3CCN(c4nsc5ccccc45)CC3)ccc12. The smallest absolute Gasteiger partial charge is 0.336 e. The zero-order valence-electron chi connectivity index (χ0n) is 17.8. The Labute approximate surface area is 195 Å². The van der Waals surface area contributed by atoms with Crippen molar-refractivity contribution in [2.75, 3.05) is 44.2 Å². The number of hydrogen-bond acceptors (Lipinski definition) is 7. The number of aromatic nitrogens is 1. The van der Waals surface area contributed by atoms with Crippen LogP contribution in [0.2, 0.25) is 5.02 Å². The van der Waals surface area contributed by atoms with Crippen LogP contribution in [0.1, 0.15) is 12.0 Å². The van der Waals surface area contributed by atoms with Gasteiger partial charge in [-0.1, -0.05) is 23.7 Å². The van der Waals surface area contributed by atoms with Crippen molar-refractivity contribution in [3.05, 3.63) is 63.5 Å². The summed E-state index contributed by atoms with van der Waals surface area (Å²) in [5, 5.41) is 2.43. The second-order valence-corrected chi connectivity index (χ2v) is 9.22. The highest BCUT2D eigenvalue weighted by molar-refractivity contribution is 7.13. The first-order valence-corrected chi connectivity index (χ1v) is 11.9. The third-order valence-corrected chi connectivity index (χ3v) is 7.10. The van der Waals surface area contributed by atoms with Crippen molar-refractivity contribution in [3.63, 3.8) is 0 Å². The Morgan fingerprint density at radius 1 is 1.12 bits per heavy atom. The van der Waals surface area contributed by atoms with E-state index in [2.05, 4.69) is 38.4 Å². The normalized spacial score (nSPS) is 15.0. The van der Waals surface area contributed by atoms with Crippen molar-refractivity contribution < 1.29 is 9.15 Å². The predicted octanol–water partition coefficient (Wildman–Crippen LogP) is 4.96. The van der Waals surface area contributed by atoms with Gasteiger partial charge in [0.25, 0.3) is 0 Å². The highest BCUT2D eigenvalue weighted by Crippen LogP contribution is 2.33. The van der Waals surface area contributed by atoms with Gasteiger partial charge in [0.1, 0.15) is 16.6 Å². The average molecular weight is 470 g/mol. The molecule has 0 unspecified atom stereocenters. The highest BCUT2D eigenvalue weighted by atomic mass is 35.5. The molecule has 0 spiro atoms. The Morgan fingerprint density at radius 2 is 1.94 bits per heavy atom.